The molecule has 1 nitrogen and oxygen atoms in total. The molecule has 0 aliphatic rings. The fraction of sp³-hybridized carbons (Fsp3) is 0. The van der Waals surface area contributed by atoms with Crippen LogP contribution in [-0.2, 0) is 0 Å². The molecular weight excluding hydrogens is 316 g/mol. The van der Waals surface area contributed by atoms with Crippen LogP contribution in [0.25, 0.3) is 32.3 Å². The molecule has 0 heterocycles. The van der Waals surface area contributed by atoms with Crippen LogP contribution in [0.1, 0.15) is 15.9 Å². The van der Waals surface area contributed by atoms with E-state index in [1.54, 1.807) is 0 Å². The van der Waals surface area contributed by atoms with E-state index in [2.05, 4.69) is 48.2 Å². The molecule has 0 saturated carbocycles. The molecule has 0 atom stereocenters. The van der Waals surface area contributed by atoms with Crippen molar-refractivity contribution < 1.29 is 4.79 Å². The third kappa shape index (κ3) is 2.24. The molecule has 1 heteroatoms. The van der Waals surface area contributed by atoms with Crippen LogP contribution in [0.3, 0.4) is 0 Å². The van der Waals surface area contributed by atoms with Gasteiger partial charge in [-0.2, -0.15) is 0 Å². The van der Waals surface area contributed by atoms with Crippen LogP contribution in [0.2, 0.25) is 0 Å². The van der Waals surface area contributed by atoms with Gasteiger partial charge in [0.15, 0.2) is 0 Å². The fourth-order valence-corrected chi connectivity index (χ4v) is 3.65. The maximum atomic E-state index is 12.8. The van der Waals surface area contributed by atoms with Gasteiger partial charge in [0.25, 0.3) is 0 Å². The van der Waals surface area contributed by atoms with Crippen LogP contribution in [-0.4, -0.2) is 5.78 Å². The van der Waals surface area contributed by atoms with Gasteiger partial charge < -0.3 is 0 Å². The van der Waals surface area contributed by atoms with E-state index in [-0.39, 0.29) is 5.78 Å². The monoisotopic (exact) mass is 330 g/mol. The number of hydrogen-bond donors (Lipinski definition) is 0. The van der Waals surface area contributed by atoms with Crippen molar-refractivity contribution in [2.45, 2.75) is 0 Å². The third-order valence-electron chi connectivity index (χ3n) is 4.87. The van der Waals surface area contributed by atoms with Gasteiger partial charge in [0.1, 0.15) is 0 Å². The number of carbonyl (C=O) groups is 1. The number of benzene rings is 5. The molecule has 0 bridgehead atoms. The molecule has 0 aliphatic carbocycles. The average molecular weight is 330 g/mol. The summed E-state index contributed by atoms with van der Waals surface area (Å²) in [7, 11) is 0. The molecule has 26 heavy (non-hydrogen) atoms. The normalized spacial score (nSPS) is 10.9. The van der Waals surface area contributed by atoms with Crippen molar-refractivity contribution >= 4 is 38.1 Å². The van der Waals surface area contributed by atoms with E-state index < -0.39 is 0 Å². The zero-order valence-corrected chi connectivity index (χ0v) is 14.0. The van der Waals surface area contributed by atoms with Crippen molar-refractivity contribution in [1.29, 1.82) is 0 Å². The summed E-state index contributed by atoms with van der Waals surface area (Å²) in [4.78, 5) is 12.8. The minimum atomic E-state index is -0.146. The van der Waals surface area contributed by atoms with E-state index in [1.165, 1.54) is 16.2 Å². The zero-order chi connectivity index (χ0) is 17.5. The lowest BCUT2D eigenvalue weighted by Gasteiger charge is -2.12. The quantitative estimate of drug-likeness (QED) is 0.215. The fourth-order valence-electron chi connectivity index (χ4n) is 3.65. The van der Waals surface area contributed by atoms with Gasteiger partial charge in [0, 0.05) is 11.1 Å². The number of ketones is 1. The Balaban J connectivity index is 1.74. The van der Waals surface area contributed by atoms with Crippen molar-refractivity contribution in [3.8, 4) is 11.8 Å². The maximum Gasteiger partial charge on any atom is 0.236 e. The average Bonchev–Trinajstić information content (AvgIpc) is 2.71. The Morgan fingerprint density at radius 2 is 1.27 bits per heavy atom. The first-order valence-corrected chi connectivity index (χ1v) is 8.59. The lowest BCUT2D eigenvalue weighted by Crippen LogP contribution is -1.97. The van der Waals surface area contributed by atoms with Gasteiger partial charge in [-0.15, -0.1) is 0 Å². The number of carbonyl (C=O) groups excluding carboxylic acids is 1. The first-order valence-electron chi connectivity index (χ1n) is 8.59. The number of rotatable bonds is 1. The smallest absolute Gasteiger partial charge is 0.236 e. The van der Waals surface area contributed by atoms with Gasteiger partial charge in [-0.3, -0.25) is 4.79 Å². The molecule has 0 aromatic heterocycles. The number of hydrogen-bond acceptors (Lipinski definition) is 1. The van der Waals surface area contributed by atoms with Crippen molar-refractivity contribution in [2.75, 3.05) is 0 Å². The Labute approximate surface area is 151 Å². The lowest BCUT2D eigenvalue weighted by molar-refractivity contribution is 0.105. The van der Waals surface area contributed by atoms with Gasteiger partial charge in [-0.05, 0) is 56.4 Å². The van der Waals surface area contributed by atoms with E-state index in [0.29, 0.717) is 5.56 Å². The van der Waals surface area contributed by atoms with Crippen LogP contribution in [0.15, 0.2) is 84.9 Å². The van der Waals surface area contributed by atoms with Gasteiger partial charge in [-0.1, -0.05) is 72.7 Å². The van der Waals surface area contributed by atoms with Gasteiger partial charge in [-0.25, -0.2) is 0 Å². The van der Waals surface area contributed by atoms with Crippen molar-refractivity contribution in [3.63, 3.8) is 0 Å². The Morgan fingerprint density at radius 1 is 0.615 bits per heavy atom. The van der Waals surface area contributed by atoms with Crippen LogP contribution < -0.4 is 0 Å². The lowest BCUT2D eigenvalue weighted by atomic mass is 9.91. The van der Waals surface area contributed by atoms with Crippen molar-refractivity contribution in [3.05, 3.63) is 96.1 Å². The van der Waals surface area contributed by atoms with Crippen molar-refractivity contribution in [2.24, 2.45) is 0 Å². The second kappa shape index (κ2) is 5.72. The van der Waals surface area contributed by atoms with Crippen molar-refractivity contribution in [1.82, 2.24) is 0 Å². The van der Waals surface area contributed by atoms with E-state index in [4.69, 9.17) is 0 Å². The summed E-state index contributed by atoms with van der Waals surface area (Å²) in [6.45, 7) is 0. The molecule has 0 spiro atoms. The topological polar surface area (TPSA) is 17.1 Å². The van der Waals surface area contributed by atoms with E-state index in [9.17, 15) is 4.79 Å². The standard InChI is InChI=1S/C25H14O/c26-23(16-9-17-5-2-1-3-6-17)21-14-12-20-11-10-18-7-4-8-19-13-15-22(21)25(20)24(18)19/h1-8,10-15H. The molecule has 0 amide bonds. The Bertz CT molecular complexity index is 1320. The van der Waals surface area contributed by atoms with Gasteiger partial charge in [0.2, 0.25) is 5.78 Å². The second-order valence-electron chi connectivity index (χ2n) is 6.41. The SMILES string of the molecule is O=C(C#Cc1ccccc1)c1ccc2ccc3cccc4ccc1c2c34. The summed E-state index contributed by atoms with van der Waals surface area (Å²) in [5, 5.41) is 6.87. The predicted octanol–water partition coefficient (Wildman–Crippen LogP) is 5.82. The molecule has 0 N–H and O–H groups in total. The Kier molecular flexibility index (Phi) is 3.23. The number of Topliss-reactive ketones (excluding diaryl/α,β-unsaturated/α-hetero) is 1. The summed E-state index contributed by atoms with van der Waals surface area (Å²) in [6.07, 6.45) is 0. The van der Waals surface area contributed by atoms with Crippen LogP contribution >= 0.6 is 0 Å². The molecule has 0 unspecified atom stereocenters. The van der Waals surface area contributed by atoms with E-state index in [0.717, 1.165) is 21.7 Å². The Hall–Kier alpha value is -3.63. The highest BCUT2D eigenvalue weighted by molar-refractivity contribution is 6.28. The van der Waals surface area contributed by atoms with Crippen LogP contribution in [0, 0.1) is 11.8 Å². The summed E-state index contributed by atoms with van der Waals surface area (Å²) in [5.74, 6) is 5.63. The highest BCUT2D eigenvalue weighted by Gasteiger charge is 2.13. The van der Waals surface area contributed by atoms with Gasteiger partial charge >= 0.3 is 0 Å². The first kappa shape index (κ1) is 14.7. The molecule has 0 aliphatic heterocycles. The summed E-state index contributed by atoms with van der Waals surface area (Å²) < 4.78 is 0. The van der Waals surface area contributed by atoms with Crippen LogP contribution in [0.4, 0.5) is 0 Å². The zero-order valence-electron chi connectivity index (χ0n) is 14.0. The molecule has 0 fully saturated rings. The first-order chi connectivity index (χ1) is 12.8. The Morgan fingerprint density at radius 3 is 2.04 bits per heavy atom. The molecular formula is C25H14O. The van der Waals surface area contributed by atoms with E-state index in [1.807, 2.05) is 48.5 Å². The van der Waals surface area contributed by atoms with E-state index >= 15 is 0 Å². The summed E-state index contributed by atoms with van der Waals surface area (Å²) in [6, 6.07) is 28.2. The molecule has 5 aromatic rings. The highest BCUT2D eigenvalue weighted by atomic mass is 16.1. The summed E-state index contributed by atoms with van der Waals surface area (Å²) >= 11 is 0. The van der Waals surface area contributed by atoms with Crippen LogP contribution in [0.5, 0.6) is 0 Å². The second-order valence-corrected chi connectivity index (χ2v) is 6.41. The molecule has 0 radical (unpaired) electrons. The van der Waals surface area contributed by atoms with Gasteiger partial charge in [0.05, 0.1) is 0 Å². The maximum absolute atomic E-state index is 12.8. The molecule has 120 valence electrons. The minimum Gasteiger partial charge on any atom is -0.279 e. The molecule has 0 saturated heterocycles. The predicted molar refractivity (Wildman–Crippen MR) is 108 cm³/mol. The highest BCUT2D eigenvalue weighted by Crippen LogP contribution is 2.35. The molecule has 5 aromatic carbocycles. The summed E-state index contributed by atoms with van der Waals surface area (Å²) in [5.41, 5.74) is 1.51. The largest absolute Gasteiger partial charge is 0.279 e. The molecule has 5 rings (SSSR count). The minimum absolute atomic E-state index is 0.146. The third-order valence-corrected chi connectivity index (χ3v) is 4.87.